The summed E-state index contributed by atoms with van der Waals surface area (Å²) in [5, 5.41) is 19.9. The zero-order valence-corrected chi connectivity index (χ0v) is 10.4. The maximum Gasteiger partial charge on any atom is 0.320 e. The molecule has 18 heavy (non-hydrogen) atoms. The maximum atomic E-state index is 10.7. The Hall–Kier alpha value is -1.78. The molecule has 0 aliphatic heterocycles. The molecule has 2 aromatic rings. The Labute approximate surface area is 110 Å². The highest BCUT2D eigenvalue weighted by Crippen LogP contribution is 2.21. The van der Waals surface area contributed by atoms with Gasteiger partial charge in [0, 0.05) is 0 Å². The second-order valence-corrected chi connectivity index (χ2v) is 4.01. The molecule has 0 saturated heterocycles. The smallest absolute Gasteiger partial charge is 0.320 e. The minimum Gasteiger partial charge on any atom is -0.508 e. The van der Waals surface area contributed by atoms with Gasteiger partial charge in [-0.1, -0.05) is 24.3 Å². The van der Waals surface area contributed by atoms with Crippen LogP contribution < -0.4 is 5.73 Å². The van der Waals surface area contributed by atoms with E-state index in [0.717, 1.165) is 16.3 Å². The Kier molecular flexibility index (Phi) is 4.53. The van der Waals surface area contributed by atoms with Crippen LogP contribution in [0.25, 0.3) is 10.8 Å². The van der Waals surface area contributed by atoms with Gasteiger partial charge in [-0.25, -0.2) is 0 Å². The molecule has 0 saturated carbocycles. The Morgan fingerprint density at radius 1 is 1.17 bits per heavy atom. The first-order valence-corrected chi connectivity index (χ1v) is 5.26. The Morgan fingerprint density at radius 3 is 2.44 bits per heavy atom. The van der Waals surface area contributed by atoms with Crippen LogP contribution in [0.5, 0.6) is 5.75 Å². The first kappa shape index (κ1) is 14.3. The highest BCUT2D eigenvalue weighted by Gasteiger charge is 2.12. The van der Waals surface area contributed by atoms with Crippen LogP contribution in [0.4, 0.5) is 0 Å². The SMILES string of the molecule is Cl.NC(Cc1ccc2cc(O)ccc2c1)C(=O)O. The van der Waals surface area contributed by atoms with Gasteiger partial charge < -0.3 is 15.9 Å². The number of rotatable bonds is 3. The van der Waals surface area contributed by atoms with Gasteiger partial charge in [-0.2, -0.15) is 0 Å². The maximum absolute atomic E-state index is 10.7. The summed E-state index contributed by atoms with van der Waals surface area (Å²) in [5.41, 5.74) is 6.35. The minimum absolute atomic E-state index is 0. The molecule has 0 radical (unpaired) electrons. The van der Waals surface area contributed by atoms with E-state index in [1.807, 2.05) is 18.2 Å². The summed E-state index contributed by atoms with van der Waals surface area (Å²) in [5.74, 6) is -0.789. The van der Waals surface area contributed by atoms with Gasteiger partial charge in [-0.05, 0) is 34.9 Å². The fraction of sp³-hybridized carbons (Fsp3) is 0.154. The highest BCUT2D eigenvalue weighted by molar-refractivity contribution is 5.85. The first-order chi connectivity index (χ1) is 8.06. The van der Waals surface area contributed by atoms with Crippen molar-refractivity contribution in [2.24, 2.45) is 5.73 Å². The standard InChI is InChI=1S/C13H13NO3.ClH/c14-12(13(16)17)6-8-1-2-10-7-11(15)4-3-9(10)5-8;/h1-5,7,12,15H,6,14H2,(H,16,17);1H. The Morgan fingerprint density at radius 2 is 1.78 bits per heavy atom. The molecule has 4 nitrogen and oxygen atoms in total. The third-order valence-electron chi connectivity index (χ3n) is 2.66. The van der Waals surface area contributed by atoms with Crippen LogP contribution in [0.3, 0.4) is 0 Å². The van der Waals surface area contributed by atoms with E-state index < -0.39 is 12.0 Å². The second kappa shape index (κ2) is 5.71. The molecule has 0 aliphatic rings. The number of benzene rings is 2. The van der Waals surface area contributed by atoms with Crippen molar-refractivity contribution in [2.45, 2.75) is 12.5 Å². The topological polar surface area (TPSA) is 83.5 Å². The van der Waals surface area contributed by atoms with Gasteiger partial charge >= 0.3 is 5.97 Å². The van der Waals surface area contributed by atoms with Gasteiger partial charge in [0.25, 0.3) is 0 Å². The number of phenols is 1. The zero-order chi connectivity index (χ0) is 12.4. The molecule has 0 bridgehead atoms. The molecule has 2 rings (SSSR count). The predicted molar refractivity (Wildman–Crippen MR) is 72.2 cm³/mol. The van der Waals surface area contributed by atoms with E-state index in [4.69, 9.17) is 10.8 Å². The number of carboxylic acid groups (broad SMARTS) is 1. The Balaban J connectivity index is 0.00000162. The van der Waals surface area contributed by atoms with E-state index in [0.29, 0.717) is 6.42 Å². The molecule has 4 N–H and O–H groups in total. The van der Waals surface area contributed by atoms with Crippen molar-refractivity contribution >= 4 is 29.1 Å². The average molecular weight is 268 g/mol. The fourth-order valence-electron chi connectivity index (χ4n) is 1.75. The average Bonchev–Trinajstić information content (AvgIpc) is 2.29. The molecule has 0 aromatic heterocycles. The molecular formula is C13H14ClNO3. The van der Waals surface area contributed by atoms with E-state index in [-0.39, 0.29) is 18.2 Å². The predicted octanol–water partition coefficient (Wildman–Crippen LogP) is 1.92. The third-order valence-corrected chi connectivity index (χ3v) is 2.66. The van der Waals surface area contributed by atoms with Crippen molar-refractivity contribution in [1.82, 2.24) is 0 Å². The monoisotopic (exact) mass is 267 g/mol. The molecule has 1 unspecified atom stereocenters. The van der Waals surface area contributed by atoms with Crippen molar-refractivity contribution in [3.05, 3.63) is 42.0 Å². The molecular weight excluding hydrogens is 254 g/mol. The second-order valence-electron chi connectivity index (χ2n) is 4.01. The van der Waals surface area contributed by atoms with E-state index in [9.17, 15) is 9.90 Å². The summed E-state index contributed by atoms with van der Waals surface area (Å²) in [4.78, 5) is 10.7. The number of aromatic hydroxyl groups is 1. The number of phenolic OH excluding ortho intramolecular Hbond substituents is 1. The van der Waals surface area contributed by atoms with Crippen molar-refractivity contribution in [1.29, 1.82) is 0 Å². The third kappa shape index (κ3) is 3.12. The normalized spacial score (nSPS) is 11.8. The lowest BCUT2D eigenvalue weighted by atomic mass is 10.0. The lowest BCUT2D eigenvalue weighted by Crippen LogP contribution is -2.32. The van der Waals surface area contributed by atoms with Crippen LogP contribution >= 0.6 is 12.4 Å². The fourth-order valence-corrected chi connectivity index (χ4v) is 1.75. The molecule has 0 aliphatic carbocycles. The van der Waals surface area contributed by atoms with E-state index in [1.165, 1.54) is 0 Å². The number of fused-ring (bicyclic) bond motifs is 1. The summed E-state index contributed by atoms with van der Waals surface area (Å²) >= 11 is 0. The molecule has 0 fully saturated rings. The molecule has 0 amide bonds. The number of nitrogens with two attached hydrogens (primary N) is 1. The van der Waals surface area contributed by atoms with Crippen molar-refractivity contribution in [3.63, 3.8) is 0 Å². The van der Waals surface area contributed by atoms with Crippen molar-refractivity contribution < 1.29 is 15.0 Å². The Bertz CT molecular complexity index is 571. The zero-order valence-electron chi connectivity index (χ0n) is 9.54. The van der Waals surface area contributed by atoms with Crippen LogP contribution in [0, 0.1) is 0 Å². The highest BCUT2D eigenvalue weighted by atomic mass is 35.5. The number of carbonyl (C=O) groups is 1. The van der Waals surface area contributed by atoms with Gasteiger partial charge in [0.05, 0.1) is 0 Å². The number of hydrogen-bond acceptors (Lipinski definition) is 3. The van der Waals surface area contributed by atoms with E-state index in [1.54, 1.807) is 18.2 Å². The number of halogens is 1. The minimum atomic E-state index is -1.00. The summed E-state index contributed by atoms with van der Waals surface area (Å²) in [6.45, 7) is 0. The summed E-state index contributed by atoms with van der Waals surface area (Å²) in [6.07, 6.45) is 0.298. The molecule has 0 spiro atoms. The van der Waals surface area contributed by atoms with Crippen LogP contribution in [0.15, 0.2) is 36.4 Å². The van der Waals surface area contributed by atoms with Crippen molar-refractivity contribution in [2.75, 3.05) is 0 Å². The first-order valence-electron chi connectivity index (χ1n) is 5.26. The van der Waals surface area contributed by atoms with Crippen LogP contribution in [-0.4, -0.2) is 22.2 Å². The quantitative estimate of drug-likeness (QED) is 0.793. The lowest BCUT2D eigenvalue weighted by Gasteiger charge is -2.07. The molecule has 5 heteroatoms. The molecule has 96 valence electrons. The molecule has 0 heterocycles. The van der Waals surface area contributed by atoms with Crippen LogP contribution in [-0.2, 0) is 11.2 Å². The molecule has 2 aromatic carbocycles. The van der Waals surface area contributed by atoms with Gasteiger partial charge in [-0.3, -0.25) is 4.79 Å². The molecule has 1 atom stereocenters. The lowest BCUT2D eigenvalue weighted by molar-refractivity contribution is -0.138. The van der Waals surface area contributed by atoms with Gasteiger partial charge in [0.1, 0.15) is 11.8 Å². The van der Waals surface area contributed by atoms with Crippen molar-refractivity contribution in [3.8, 4) is 5.75 Å². The van der Waals surface area contributed by atoms with Crippen LogP contribution in [0.2, 0.25) is 0 Å². The summed E-state index contributed by atoms with van der Waals surface area (Å²) < 4.78 is 0. The number of hydrogen-bond donors (Lipinski definition) is 3. The largest absolute Gasteiger partial charge is 0.508 e. The van der Waals surface area contributed by atoms with Gasteiger partial charge in [0.2, 0.25) is 0 Å². The van der Waals surface area contributed by atoms with E-state index >= 15 is 0 Å². The number of carboxylic acids is 1. The van der Waals surface area contributed by atoms with E-state index in [2.05, 4.69) is 0 Å². The summed E-state index contributed by atoms with van der Waals surface area (Å²) in [6, 6.07) is 9.73. The van der Waals surface area contributed by atoms with Gasteiger partial charge in [0.15, 0.2) is 0 Å². The van der Waals surface area contributed by atoms with Gasteiger partial charge in [-0.15, -0.1) is 12.4 Å². The van der Waals surface area contributed by atoms with Crippen LogP contribution in [0.1, 0.15) is 5.56 Å². The number of aliphatic carboxylic acids is 1. The summed E-state index contributed by atoms with van der Waals surface area (Å²) in [7, 11) is 0.